The average Bonchev–Trinajstić information content (AvgIpc) is 2.33. The van der Waals surface area contributed by atoms with Crippen LogP contribution in [0.4, 0.5) is 0 Å². The number of nitrogens with two attached hydrogens (primary N) is 1. The molecule has 0 saturated heterocycles. The number of sulfonamides is 1. The third kappa shape index (κ3) is 4.42. The molecule has 0 spiro atoms. The largest absolute Gasteiger partial charge is 0.336 e. The van der Waals surface area contributed by atoms with E-state index >= 15 is 0 Å². The summed E-state index contributed by atoms with van der Waals surface area (Å²) in [5.41, 5.74) is 0.131. The summed E-state index contributed by atoms with van der Waals surface area (Å²) in [6.45, 7) is 6.30. The predicted octanol–water partition coefficient (Wildman–Crippen LogP) is 3.01. The smallest absolute Gasteiger partial charge is 0.255 e. The van der Waals surface area contributed by atoms with E-state index in [4.69, 9.17) is 16.7 Å². The van der Waals surface area contributed by atoms with Gasteiger partial charge in [-0.1, -0.05) is 18.5 Å². The molecular formula is C13H18BrClN2O3S. The van der Waals surface area contributed by atoms with Crippen molar-refractivity contribution in [3.05, 3.63) is 27.2 Å². The molecule has 0 bridgehead atoms. The van der Waals surface area contributed by atoms with Crippen molar-refractivity contribution < 1.29 is 13.2 Å². The number of halogens is 2. The molecule has 0 unspecified atom stereocenters. The van der Waals surface area contributed by atoms with Crippen molar-refractivity contribution in [1.29, 1.82) is 0 Å². The fraction of sp³-hybridized carbons (Fsp3) is 0.462. The highest BCUT2D eigenvalue weighted by Gasteiger charge is 2.24. The van der Waals surface area contributed by atoms with Gasteiger partial charge in [-0.2, -0.15) is 0 Å². The van der Waals surface area contributed by atoms with E-state index in [-0.39, 0.29) is 31.9 Å². The molecule has 0 saturated carbocycles. The lowest BCUT2D eigenvalue weighted by Gasteiger charge is -2.27. The molecule has 0 heterocycles. The summed E-state index contributed by atoms with van der Waals surface area (Å²) >= 11 is 9.18. The van der Waals surface area contributed by atoms with Crippen LogP contribution in [-0.2, 0) is 10.0 Å². The Labute approximate surface area is 138 Å². The molecule has 0 atom stereocenters. The topological polar surface area (TPSA) is 80.5 Å². The Morgan fingerprint density at radius 2 is 2.00 bits per heavy atom. The summed E-state index contributed by atoms with van der Waals surface area (Å²) in [6.07, 6.45) is 0.792. The van der Waals surface area contributed by atoms with Crippen molar-refractivity contribution in [1.82, 2.24) is 4.90 Å². The molecule has 0 radical (unpaired) electrons. The van der Waals surface area contributed by atoms with E-state index in [1.54, 1.807) is 4.90 Å². The number of amides is 1. The zero-order valence-electron chi connectivity index (χ0n) is 12.1. The summed E-state index contributed by atoms with van der Waals surface area (Å²) in [4.78, 5) is 14.1. The van der Waals surface area contributed by atoms with Crippen LogP contribution < -0.4 is 5.14 Å². The first kappa shape index (κ1) is 18.4. The second-order valence-corrected chi connectivity index (χ2v) is 7.69. The van der Waals surface area contributed by atoms with E-state index < -0.39 is 10.0 Å². The Balaban J connectivity index is 3.39. The van der Waals surface area contributed by atoms with Gasteiger partial charge in [0.05, 0.1) is 15.5 Å². The lowest BCUT2D eigenvalue weighted by Crippen LogP contribution is -2.37. The van der Waals surface area contributed by atoms with Crippen molar-refractivity contribution in [2.45, 2.75) is 38.1 Å². The molecule has 0 aliphatic rings. The normalized spacial score (nSPS) is 11.8. The second-order valence-electron chi connectivity index (χ2n) is 4.90. The highest BCUT2D eigenvalue weighted by molar-refractivity contribution is 9.10. The van der Waals surface area contributed by atoms with Crippen LogP contribution in [0.5, 0.6) is 0 Å². The molecule has 118 valence electrons. The molecule has 1 amide bonds. The molecule has 2 N–H and O–H groups in total. The first-order valence-electron chi connectivity index (χ1n) is 6.42. The van der Waals surface area contributed by atoms with Gasteiger partial charge in [0, 0.05) is 17.1 Å². The number of nitrogens with zero attached hydrogens (tertiary/aromatic N) is 1. The van der Waals surface area contributed by atoms with Gasteiger partial charge in [0.2, 0.25) is 10.0 Å². The van der Waals surface area contributed by atoms with E-state index in [2.05, 4.69) is 15.9 Å². The van der Waals surface area contributed by atoms with Gasteiger partial charge in [-0.3, -0.25) is 4.79 Å². The van der Waals surface area contributed by atoms with Crippen LogP contribution in [0.2, 0.25) is 5.02 Å². The van der Waals surface area contributed by atoms with Gasteiger partial charge in [-0.15, -0.1) is 0 Å². The third-order valence-electron chi connectivity index (χ3n) is 2.91. The number of rotatable bonds is 5. The maximum Gasteiger partial charge on any atom is 0.255 e. The summed E-state index contributed by atoms with van der Waals surface area (Å²) in [7, 11) is -3.94. The van der Waals surface area contributed by atoms with E-state index in [1.807, 2.05) is 20.8 Å². The first-order valence-corrected chi connectivity index (χ1v) is 9.14. The number of carbonyl (C=O) groups is 1. The summed E-state index contributed by atoms with van der Waals surface area (Å²) in [6, 6.07) is 2.57. The lowest BCUT2D eigenvalue weighted by atomic mass is 10.1. The van der Waals surface area contributed by atoms with Crippen molar-refractivity contribution in [2.75, 3.05) is 6.54 Å². The zero-order chi connectivity index (χ0) is 16.4. The molecule has 1 aromatic carbocycles. The zero-order valence-corrected chi connectivity index (χ0v) is 15.2. The molecule has 21 heavy (non-hydrogen) atoms. The molecular weight excluding hydrogens is 380 g/mol. The van der Waals surface area contributed by atoms with E-state index in [0.29, 0.717) is 6.54 Å². The van der Waals surface area contributed by atoms with Gasteiger partial charge in [-0.25, -0.2) is 13.6 Å². The summed E-state index contributed by atoms with van der Waals surface area (Å²) < 4.78 is 23.3. The average molecular weight is 398 g/mol. The standard InChI is InChI=1S/C13H18BrClN2O3S/c1-4-5-17(8(2)3)13(18)9-6-12(21(16,19)20)10(14)7-11(9)15/h6-8H,4-5H2,1-3H3,(H2,16,19,20). The predicted molar refractivity (Wildman–Crippen MR) is 87.0 cm³/mol. The molecule has 0 aromatic heterocycles. The molecule has 1 rings (SSSR count). The van der Waals surface area contributed by atoms with Crippen molar-refractivity contribution >= 4 is 43.5 Å². The first-order chi connectivity index (χ1) is 9.59. The van der Waals surface area contributed by atoms with Gasteiger partial charge >= 0.3 is 0 Å². The van der Waals surface area contributed by atoms with Crippen LogP contribution in [-0.4, -0.2) is 31.8 Å². The van der Waals surface area contributed by atoms with Crippen molar-refractivity contribution in [3.8, 4) is 0 Å². The number of hydrogen-bond acceptors (Lipinski definition) is 3. The second kappa shape index (κ2) is 7.09. The Morgan fingerprint density at radius 3 is 2.43 bits per heavy atom. The molecule has 1 aromatic rings. The minimum atomic E-state index is -3.94. The van der Waals surface area contributed by atoms with Gasteiger partial charge in [-0.05, 0) is 48.3 Å². The quantitative estimate of drug-likeness (QED) is 0.829. The monoisotopic (exact) mass is 396 g/mol. The summed E-state index contributed by atoms with van der Waals surface area (Å²) in [5.74, 6) is -0.311. The summed E-state index contributed by atoms with van der Waals surface area (Å²) in [5, 5.41) is 5.33. The Morgan fingerprint density at radius 1 is 1.43 bits per heavy atom. The Hall–Kier alpha value is -0.630. The van der Waals surface area contributed by atoms with Crippen molar-refractivity contribution in [3.63, 3.8) is 0 Å². The highest BCUT2D eigenvalue weighted by atomic mass is 79.9. The number of hydrogen-bond donors (Lipinski definition) is 1. The third-order valence-corrected chi connectivity index (χ3v) is 5.09. The molecule has 0 fully saturated rings. The van der Waals surface area contributed by atoms with Gasteiger partial charge in [0.15, 0.2) is 0 Å². The molecule has 8 heteroatoms. The Bertz CT molecular complexity index is 647. The fourth-order valence-electron chi connectivity index (χ4n) is 1.90. The lowest BCUT2D eigenvalue weighted by molar-refractivity contribution is 0.0706. The molecule has 0 aliphatic heterocycles. The van der Waals surface area contributed by atoms with E-state index in [9.17, 15) is 13.2 Å². The van der Waals surface area contributed by atoms with Gasteiger partial charge in [0.1, 0.15) is 0 Å². The van der Waals surface area contributed by atoms with E-state index in [0.717, 1.165) is 6.42 Å². The number of benzene rings is 1. The maximum atomic E-state index is 12.6. The minimum absolute atomic E-state index is 0.0184. The number of primary sulfonamides is 1. The van der Waals surface area contributed by atoms with Crippen LogP contribution in [0, 0.1) is 0 Å². The van der Waals surface area contributed by atoms with Crippen LogP contribution in [0.3, 0.4) is 0 Å². The maximum absolute atomic E-state index is 12.6. The minimum Gasteiger partial charge on any atom is -0.336 e. The Kier molecular flexibility index (Phi) is 6.22. The van der Waals surface area contributed by atoms with Crippen LogP contribution in [0.15, 0.2) is 21.5 Å². The molecule has 5 nitrogen and oxygen atoms in total. The fourth-order valence-corrected chi connectivity index (χ4v) is 3.91. The van der Waals surface area contributed by atoms with Gasteiger partial charge in [0.25, 0.3) is 5.91 Å². The SMILES string of the molecule is CCCN(C(=O)c1cc(S(N)(=O)=O)c(Br)cc1Cl)C(C)C. The van der Waals surface area contributed by atoms with E-state index in [1.165, 1.54) is 12.1 Å². The van der Waals surface area contributed by atoms with Crippen molar-refractivity contribution in [2.24, 2.45) is 5.14 Å². The number of carbonyl (C=O) groups excluding carboxylic acids is 1. The van der Waals surface area contributed by atoms with Crippen LogP contribution in [0.25, 0.3) is 0 Å². The van der Waals surface area contributed by atoms with Gasteiger partial charge < -0.3 is 4.90 Å². The highest BCUT2D eigenvalue weighted by Crippen LogP contribution is 2.29. The van der Waals surface area contributed by atoms with Crippen LogP contribution in [0.1, 0.15) is 37.6 Å². The van der Waals surface area contributed by atoms with Crippen LogP contribution >= 0.6 is 27.5 Å². The molecule has 0 aliphatic carbocycles.